The Morgan fingerprint density at radius 2 is 1.82 bits per heavy atom. The highest BCUT2D eigenvalue weighted by molar-refractivity contribution is 14.1. The summed E-state index contributed by atoms with van der Waals surface area (Å²) in [5.41, 5.74) is -0.255. The van der Waals surface area contributed by atoms with Crippen LogP contribution in [0.2, 0.25) is 0 Å². The first-order valence-corrected chi connectivity index (χ1v) is 8.59. The maximum atomic E-state index is 13.8. The Morgan fingerprint density at radius 3 is 2.36 bits per heavy atom. The second kappa shape index (κ2) is 6.21. The number of benzene rings is 2. The molecule has 0 saturated carbocycles. The lowest BCUT2D eigenvalue weighted by Crippen LogP contribution is -2.16. The van der Waals surface area contributed by atoms with Crippen molar-refractivity contribution in [1.29, 1.82) is 0 Å². The summed E-state index contributed by atoms with van der Waals surface area (Å²) in [6.07, 6.45) is 0. The summed E-state index contributed by atoms with van der Waals surface area (Å²) in [5, 5.41) is 8.93. The minimum absolute atomic E-state index is 0.136. The van der Waals surface area contributed by atoms with Gasteiger partial charge in [-0.15, -0.1) is 0 Å². The van der Waals surface area contributed by atoms with E-state index in [9.17, 15) is 17.6 Å². The third-order valence-corrected chi connectivity index (χ3v) is 5.16. The first-order valence-electron chi connectivity index (χ1n) is 6.02. The SMILES string of the molecule is Cc1c(F)cc(C(=O)O)cc1S(=O)(=O)Nc1ccc(I)cc1. The zero-order valence-corrected chi connectivity index (χ0v) is 14.3. The van der Waals surface area contributed by atoms with Gasteiger partial charge in [0.2, 0.25) is 0 Å². The van der Waals surface area contributed by atoms with Gasteiger partial charge in [-0.05, 0) is 65.9 Å². The molecule has 116 valence electrons. The molecule has 0 unspecified atom stereocenters. The van der Waals surface area contributed by atoms with Crippen molar-refractivity contribution in [2.75, 3.05) is 4.72 Å². The number of hydrogen-bond acceptors (Lipinski definition) is 3. The summed E-state index contributed by atoms with van der Waals surface area (Å²) in [7, 11) is -4.09. The van der Waals surface area contributed by atoms with Crippen molar-refractivity contribution in [3.63, 3.8) is 0 Å². The lowest BCUT2D eigenvalue weighted by atomic mass is 10.1. The van der Waals surface area contributed by atoms with Crippen LogP contribution in [0.4, 0.5) is 10.1 Å². The van der Waals surface area contributed by atoms with Crippen LogP contribution in [0.15, 0.2) is 41.3 Å². The van der Waals surface area contributed by atoms with E-state index in [0.717, 1.165) is 15.7 Å². The molecule has 0 aromatic heterocycles. The average Bonchev–Trinajstić information content (AvgIpc) is 2.43. The predicted molar refractivity (Wildman–Crippen MR) is 88.1 cm³/mol. The molecule has 0 aliphatic rings. The fourth-order valence-electron chi connectivity index (χ4n) is 1.78. The lowest BCUT2D eigenvalue weighted by molar-refractivity contribution is 0.0696. The molecule has 2 rings (SSSR count). The molecule has 2 aromatic rings. The summed E-state index contributed by atoms with van der Waals surface area (Å²) in [4.78, 5) is 10.6. The Balaban J connectivity index is 2.49. The first kappa shape index (κ1) is 16.7. The first-order chi connectivity index (χ1) is 10.2. The number of sulfonamides is 1. The Hall–Kier alpha value is -1.68. The van der Waals surface area contributed by atoms with Crippen LogP contribution >= 0.6 is 22.6 Å². The smallest absolute Gasteiger partial charge is 0.335 e. The van der Waals surface area contributed by atoms with Crippen LogP contribution in [-0.4, -0.2) is 19.5 Å². The molecular formula is C14H11FINO4S. The van der Waals surface area contributed by atoms with Crippen molar-refractivity contribution in [2.24, 2.45) is 0 Å². The summed E-state index contributed by atoms with van der Waals surface area (Å²) in [6.45, 7) is 1.28. The second-order valence-electron chi connectivity index (χ2n) is 4.50. The van der Waals surface area contributed by atoms with Crippen LogP contribution in [0.3, 0.4) is 0 Å². The van der Waals surface area contributed by atoms with Crippen molar-refractivity contribution in [1.82, 2.24) is 0 Å². The molecule has 22 heavy (non-hydrogen) atoms. The number of carbonyl (C=O) groups is 1. The van der Waals surface area contributed by atoms with E-state index < -0.39 is 32.3 Å². The largest absolute Gasteiger partial charge is 0.478 e. The zero-order chi connectivity index (χ0) is 16.5. The Morgan fingerprint density at radius 1 is 1.23 bits per heavy atom. The maximum absolute atomic E-state index is 13.8. The molecule has 0 saturated heterocycles. The minimum Gasteiger partial charge on any atom is -0.478 e. The molecule has 0 aliphatic heterocycles. The molecule has 2 N–H and O–H groups in total. The molecule has 0 heterocycles. The summed E-state index contributed by atoms with van der Waals surface area (Å²) in [5.74, 6) is -2.28. The number of carboxylic acids is 1. The molecule has 0 spiro atoms. The number of rotatable bonds is 4. The van der Waals surface area contributed by atoms with E-state index in [1.54, 1.807) is 24.3 Å². The van der Waals surface area contributed by atoms with Gasteiger partial charge in [0.1, 0.15) is 5.82 Å². The van der Waals surface area contributed by atoms with Crippen LogP contribution in [0.25, 0.3) is 0 Å². The van der Waals surface area contributed by atoms with E-state index in [0.29, 0.717) is 5.69 Å². The van der Waals surface area contributed by atoms with Crippen LogP contribution in [0, 0.1) is 16.3 Å². The minimum atomic E-state index is -4.09. The van der Waals surface area contributed by atoms with Crippen LogP contribution in [0.5, 0.6) is 0 Å². The van der Waals surface area contributed by atoms with Gasteiger partial charge in [0.15, 0.2) is 0 Å². The number of halogens is 2. The molecule has 0 radical (unpaired) electrons. The van der Waals surface area contributed by atoms with Crippen molar-refractivity contribution in [2.45, 2.75) is 11.8 Å². The monoisotopic (exact) mass is 435 g/mol. The fourth-order valence-corrected chi connectivity index (χ4v) is 3.48. The van der Waals surface area contributed by atoms with Crippen LogP contribution in [0.1, 0.15) is 15.9 Å². The molecule has 0 aliphatic carbocycles. The van der Waals surface area contributed by atoms with Crippen LogP contribution < -0.4 is 4.72 Å². The Labute approximate surface area is 140 Å². The third-order valence-electron chi connectivity index (χ3n) is 2.93. The lowest BCUT2D eigenvalue weighted by Gasteiger charge is -2.12. The summed E-state index contributed by atoms with van der Waals surface area (Å²) in [6, 6.07) is 8.27. The highest BCUT2D eigenvalue weighted by Gasteiger charge is 2.22. The predicted octanol–water partition coefficient (Wildman–Crippen LogP) is 3.24. The molecule has 8 heteroatoms. The van der Waals surface area contributed by atoms with Gasteiger partial charge >= 0.3 is 5.97 Å². The quantitative estimate of drug-likeness (QED) is 0.723. The van der Waals surface area contributed by atoms with E-state index in [2.05, 4.69) is 27.3 Å². The Bertz CT molecular complexity index is 835. The molecule has 2 aromatic carbocycles. The number of nitrogens with one attached hydrogen (secondary N) is 1. The van der Waals surface area contributed by atoms with E-state index in [1.165, 1.54) is 6.92 Å². The molecule has 0 amide bonds. The fraction of sp³-hybridized carbons (Fsp3) is 0.0714. The van der Waals surface area contributed by atoms with Gasteiger partial charge in [-0.25, -0.2) is 17.6 Å². The van der Waals surface area contributed by atoms with E-state index >= 15 is 0 Å². The maximum Gasteiger partial charge on any atom is 0.335 e. The summed E-state index contributed by atoms with van der Waals surface area (Å²) >= 11 is 2.07. The van der Waals surface area contributed by atoms with Crippen molar-refractivity contribution in [3.05, 3.63) is 56.9 Å². The standard InChI is InChI=1S/C14H11FINO4S/c1-8-12(15)6-9(14(18)19)7-13(8)22(20,21)17-11-4-2-10(16)3-5-11/h2-7,17H,1H3,(H,18,19). The number of carboxylic acid groups (broad SMARTS) is 1. The summed E-state index contributed by atoms with van der Waals surface area (Å²) < 4.78 is 41.7. The van der Waals surface area contributed by atoms with Gasteiger partial charge in [0.25, 0.3) is 10.0 Å². The number of anilines is 1. The van der Waals surface area contributed by atoms with E-state index in [1.807, 2.05) is 0 Å². The van der Waals surface area contributed by atoms with Gasteiger partial charge in [-0.2, -0.15) is 0 Å². The van der Waals surface area contributed by atoms with Gasteiger partial charge < -0.3 is 5.11 Å². The van der Waals surface area contributed by atoms with Crippen molar-refractivity contribution < 1.29 is 22.7 Å². The number of aromatic carboxylic acids is 1. The molecule has 0 bridgehead atoms. The van der Waals surface area contributed by atoms with Crippen LogP contribution in [-0.2, 0) is 10.0 Å². The van der Waals surface area contributed by atoms with Crippen molar-refractivity contribution in [3.8, 4) is 0 Å². The Kier molecular flexibility index (Phi) is 4.71. The molecule has 5 nitrogen and oxygen atoms in total. The topological polar surface area (TPSA) is 83.5 Å². The van der Waals surface area contributed by atoms with Gasteiger partial charge in [0.05, 0.1) is 10.5 Å². The third kappa shape index (κ3) is 3.55. The average molecular weight is 435 g/mol. The van der Waals surface area contributed by atoms with Gasteiger partial charge in [-0.1, -0.05) is 0 Å². The van der Waals surface area contributed by atoms with Crippen molar-refractivity contribution >= 4 is 44.3 Å². The van der Waals surface area contributed by atoms with Gasteiger partial charge in [0, 0.05) is 14.8 Å². The normalized spacial score (nSPS) is 11.2. The second-order valence-corrected chi connectivity index (χ2v) is 7.40. The van der Waals surface area contributed by atoms with Gasteiger partial charge in [-0.3, -0.25) is 4.72 Å². The highest BCUT2D eigenvalue weighted by atomic mass is 127. The zero-order valence-electron chi connectivity index (χ0n) is 11.3. The highest BCUT2D eigenvalue weighted by Crippen LogP contribution is 2.23. The number of hydrogen-bond donors (Lipinski definition) is 2. The molecule has 0 atom stereocenters. The molecule has 0 fully saturated rings. The van der Waals surface area contributed by atoms with E-state index in [4.69, 9.17) is 5.11 Å². The van der Waals surface area contributed by atoms with E-state index in [-0.39, 0.29) is 5.56 Å². The molecular weight excluding hydrogens is 424 g/mol.